The molecule has 0 unspecified atom stereocenters. The standard InChI is InChI=1S/C23H20N4O/c1-14-11-15(2)20(16(3)12-14)21-18-9-10-19-22(23(18)28-25-21)24-26-27(19)13-17-7-5-4-6-8-17/h4-12H,13H2,1-3H3. The average molecular weight is 368 g/mol. The minimum Gasteiger partial charge on any atom is -0.353 e. The maximum absolute atomic E-state index is 5.75. The first kappa shape index (κ1) is 16.7. The highest BCUT2D eigenvalue weighted by atomic mass is 16.5. The van der Waals surface area contributed by atoms with Crippen LogP contribution in [0.3, 0.4) is 0 Å². The van der Waals surface area contributed by atoms with Crippen molar-refractivity contribution in [2.75, 3.05) is 0 Å². The first-order chi connectivity index (χ1) is 13.6. The Hall–Kier alpha value is -3.47. The van der Waals surface area contributed by atoms with E-state index in [2.05, 4.69) is 72.6 Å². The number of hydrogen-bond acceptors (Lipinski definition) is 4. The molecule has 0 aliphatic heterocycles. The van der Waals surface area contributed by atoms with Gasteiger partial charge in [0.15, 0.2) is 11.1 Å². The van der Waals surface area contributed by atoms with Crippen molar-refractivity contribution in [2.24, 2.45) is 0 Å². The van der Waals surface area contributed by atoms with E-state index in [4.69, 9.17) is 4.52 Å². The van der Waals surface area contributed by atoms with E-state index < -0.39 is 0 Å². The predicted octanol–water partition coefficient (Wildman–Crippen LogP) is 5.21. The molecule has 28 heavy (non-hydrogen) atoms. The van der Waals surface area contributed by atoms with E-state index in [1.54, 1.807) is 0 Å². The van der Waals surface area contributed by atoms with E-state index >= 15 is 0 Å². The second kappa shape index (κ2) is 6.30. The van der Waals surface area contributed by atoms with Gasteiger partial charge < -0.3 is 4.52 Å². The molecule has 0 N–H and O–H groups in total. The summed E-state index contributed by atoms with van der Waals surface area (Å²) in [5.41, 5.74) is 9.18. The van der Waals surface area contributed by atoms with E-state index in [9.17, 15) is 0 Å². The second-order valence-electron chi connectivity index (χ2n) is 7.35. The Morgan fingerprint density at radius 3 is 2.43 bits per heavy atom. The zero-order valence-corrected chi connectivity index (χ0v) is 16.1. The van der Waals surface area contributed by atoms with Gasteiger partial charge in [-0.3, -0.25) is 0 Å². The van der Waals surface area contributed by atoms with Crippen molar-refractivity contribution in [1.29, 1.82) is 0 Å². The lowest BCUT2D eigenvalue weighted by Crippen LogP contribution is -2.01. The second-order valence-corrected chi connectivity index (χ2v) is 7.35. The SMILES string of the molecule is Cc1cc(C)c(-c2noc3c2ccc2c3nnn2Cc2ccccc2)c(C)c1. The molecule has 0 saturated carbocycles. The fourth-order valence-corrected chi connectivity index (χ4v) is 4.04. The van der Waals surface area contributed by atoms with Crippen molar-refractivity contribution >= 4 is 22.0 Å². The summed E-state index contributed by atoms with van der Waals surface area (Å²) < 4.78 is 7.65. The average Bonchev–Trinajstić information content (AvgIpc) is 3.26. The van der Waals surface area contributed by atoms with E-state index in [1.807, 2.05) is 22.9 Å². The van der Waals surface area contributed by atoms with Crippen LogP contribution < -0.4 is 0 Å². The van der Waals surface area contributed by atoms with Gasteiger partial charge in [-0.05, 0) is 49.6 Å². The Balaban J connectivity index is 1.66. The smallest absolute Gasteiger partial charge is 0.197 e. The van der Waals surface area contributed by atoms with Crippen LogP contribution in [0.25, 0.3) is 33.3 Å². The van der Waals surface area contributed by atoms with Crippen molar-refractivity contribution in [2.45, 2.75) is 27.3 Å². The molecule has 2 heterocycles. The first-order valence-corrected chi connectivity index (χ1v) is 9.35. The number of hydrogen-bond donors (Lipinski definition) is 0. The minimum atomic E-state index is 0.667. The fourth-order valence-electron chi connectivity index (χ4n) is 4.04. The summed E-state index contributed by atoms with van der Waals surface area (Å²) in [5, 5.41) is 14.1. The van der Waals surface area contributed by atoms with Gasteiger partial charge in [0.2, 0.25) is 0 Å². The Morgan fingerprint density at radius 2 is 1.68 bits per heavy atom. The topological polar surface area (TPSA) is 56.7 Å². The Morgan fingerprint density at radius 1 is 0.929 bits per heavy atom. The number of nitrogens with zero attached hydrogens (tertiary/aromatic N) is 4. The van der Waals surface area contributed by atoms with Crippen molar-refractivity contribution in [3.8, 4) is 11.3 Å². The van der Waals surface area contributed by atoms with Gasteiger partial charge in [0, 0.05) is 5.56 Å². The summed E-state index contributed by atoms with van der Waals surface area (Å²) in [7, 11) is 0. The van der Waals surface area contributed by atoms with E-state index in [0.717, 1.165) is 27.7 Å². The summed E-state index contributed by atoms with van der Waals surface area (Å²) in [6.45, 7) is 7.01. The summed E-state index contributed by atoms with van der Waals surface area (Å²) in [6.07, 6.45) is 0. The maximum Gasteiger partial charge on any atom is 0.197 e. The molecule has 0 spiro atoms. The molecule has 5 aromatic rings. The van der Waals surface area contributed by atoms with Crippen molar-refractivity contribution in [1.82, 2.24) is 20.2 Å². The molecule has 2 aromatic heterocycles. The number of aromatic nitrogens is 4. The predicted molar refractivity (Wildman–Crippen MR) is 110 cm³/mol. The van der Waals surface area contributed by atoms with Crippen LogP contribution in [0.5, 0.6) is 0 Å². The molecule has 0 aliphatic rings. The molecule has 0 fully saturated rings. The zero-order valence-electron chi connectivity index (χ0n) is 16.1. The molecule has 5 heteroatoms. The highest BCUT2D eigenvalue weighted by Gasteiger charge is 2.19. The van der Waals surface area contributed by atoms with Crippen LogP contribution in [0, 0.1) is 20.8 Å². The molecule has 138 valence electrons. The molecule has 0 amide bonds. The lowest BCUT2D eigenvalue weighted by atomic mass is 9.95. The first-order valence-electron chi connectivity index (χ1n) is 9.35. The molecular formula is C23H20N4O. The van der Waals surface area contributed by atoms with Crippen LogP contribution in [-0.4, -0.2) is 20.2 Å². The number of fused-ring (bicyclic) bond motifs is 3. The molecule has 5 nitrogen and oxygen atoms in total. The molecule has 5 rings (SSSR count). The maximum atomic E-state index is 5.75. The number of rotatable bonds is 3. The van der Waals surface area contributed by atoms with Crippen LogP contribution >= 0.6 is 0 Å². The molecule has 0 saturated heterocycles. The quantitative estimate of drug-likeness (QED) is 0.438. The minimum absolute atomic E-state index is 0.667. The van der Waals surface area contributed by atoms with Crippen molar-refractivity contribution in [3.63, 3.8) is 0 Å². The monoisotopic (exact) mass is 368 g/mol. The lowest BCUT2D eigenvalue weighted by molar-refractivity contribution is 0.461. The lowest BCUT2D eigenvalue weighted by Gasteiger charge is -2.08. The van der Waals surface area contributed by atoms with Gasteiger partial charge in [0.1, 0.15) is 5.69 Å². The largest absolute Gasteiger partial charge is 0.353 e. The van der Waals surface area contributed by atoms with Gasteiger partial charge >= 0.3 is 0 Å². The van der Waals surface area contributed by atoms with Crippen molar-refractivity contribution < 1.29 is 4.52 Å². The molecule has 0 radical (unpaired) electrons. The molecule has 0 atom stereocenters. The van der Waals surface area contributed by atoms with Crippen LogP contribution in [0.15, 0.2) is 59.1 Å². The number of aryl methyl sites for hydroxylation is 3. The van der Waals surface area contributed by atoms with Crippen LogP contribution in [0.1, 0.15) is 22.3 Å². The van der Waals surface area contributed by atoms with Gasteiger partial charge in [-0.2, -0.15) is 0 Å². The molecular weight excluding hydrogens is 348 g/mol. The normalized spacial score (nSPS) is 11.5. The Bertz CT molecular complexity index is 1290. The van der Waals surface area contributed by atoms with Crippen molar-refractivity contribution in [3.05, 3.63) is 76.9 Å². The number of benzene rings is 3. The van der Waals surface area contributed by atoms with E-state index in [-0.39, 0.29) is 0 Å². The Labute approximate surface area is 162 Å². The molecule has 3 aromatic carbocycles. The summed E-state index contributed by atoms with van der Waals surface area (Å²) >= 11 is 0. The third-order valence-electron chi connectivity index (χ3n) is 5.21. The molecule has 0 bridgehead atoms. The highest BCUT2D eigenvalue weighted by molar-refractivity contribution is 6.05. The Kier molecular flexibility index (Phi) is 3.76. The molecule has 0 aliphatic carbocycles. The van der Waals surface area contributed by atoms with Gasteiger partial charge in [-0.15, -0.1) is 5.10 Å². The van der Waals surface area contributed by atoms with Gasteiger partial charge in [-0.25, -0.2) is 4.68 Å². The van der Waals surface area contributed by atoms with Gasteiger partial charge in [0.25, 0.3) is 0 Å². The van der Waals surface area contributed by atoms with Crippen LogP contribution in [-0.2, 0) is 6.54 Å². The van der Waals surface area contributed by atoms with Crippen LogP contribution in [0.2, 0.25) is 0 Å². The fraction of sp³-hybridized carbons (Fsp3) is 0.174. The van der Waals surface area contributed by atoms with Gasteiger partial charge in [-0.1, -0.05) is 58.4 Å². The summed E-state index contributed by atoms with van der Waals surface area (Å²) in [6, 6.07) is 18.7. The summed E-state index contributed by atoms with van der Waals surface area (Å²) in [4.78, 5) is 0. The third-order valence-corrected chi connectivity index (χ3v) is 5.21. The van der Waals surface area contributed by atoms with Gasteiger partial charge in [0.05, 0.1) is 17.4 Å². The zero-order chi connectivity index (χ0) is 19.3. The third kappa shape index (κ3) is 2.59. The van der Waals surface area contributed by atoms with E-state index in [1.165, 1.54) is 22.3 Å². The van der Waals surface area contributed by atoms with E-state index in [0.29, 0.717) is 12.1 Å². The summed E-state index contributed by atoms with van der Waals surface area (Å²) in [5.74, 6) is 0. The highest BCUT2D eigenvalue weighted by Crippen LogP contribution is 2.35. The van der Waals surface area contributed by atoms with Crippen LogP contribution in [0.4, 0.5) is 0 Å².